The van der Waals surface area contributed by atoms with Crippen molar-refractivity contribution in [3.8, 4) is 0 Å². The van der Waals surface area contributed by atoms with Crippen LogP contribution in [0, 0.1) is 33.8 Å². The molecule has 8 nitrogen and oxygen atoms in total. The molecular weight excluding hydrogens is 350 g/mol. The van der Waals surface area contributed by atoms with E-state index >= 15 is 0 Å². The van der Waals surface area contributed by atoms with Gasteiger partial charge >= 0.3 is 5.97 Å². The summed E-state index contributed by atoms with van der Waals surface area (Å²) in [7, 11) is 0. The molecule has 27 heavy (non-hydrogen) atoms. The van der Waals surface area contributed by atoms with Gasteiger partial charge < -0.3 is 14.5 Å². The lowest BCUT2D eigenvalue weighted by Crippen LogP contribution is -2.52. The molecule has 5 atom stereocenters. The smallest absolute Gasteiger partial charge is 0.310 e. The minimum absolute atomic E-state index is 0.0514. The minimum atomic E-state index is -0.408. The second-order valence-electron chi connectivity index (χ2n) is 8.01. The Morgan fingerprint density at radius 1 is 1.11 bits per heavy atom. The molecule has 2 aliphatic carbocycles. The van der Waals surface area contributed by atoms with Crippen molar-refractivity contribution in [1.29, 1.82) is 0 Å². The van der Waals surface area contributed by atoms with E-state index < -0.39 is 4.92 Å². The van der Waals surface area contributed by atoms with Gasteiger partial charge in [-0.25, -0.2) is 0 Å². The van der Waals surface area contributed by atoms with Crippen LogP contribution in [0.3, 0.4) is 0 Å². The normalized spacial score (nSPS) is 34.1. The molecule has 0 spiro atoms. The van der Waals surface area contributed by atoms with E-state index in [0.717, 1.165) is 18.5 Å². The number of nitro benzene ring substituents is 1. The third-order valence-electron chi connectivity index (χ3n) is 6.79. The highest BCUT2D eigenvalue weighted by Crippen LogP contribution is 2.58. The first-order valence-corrected chi connectivity index (χ1v) is 9.51. The number of ether oxygens (including phenoxy) is 1. The number of anilines is 1. The summed E-state index contributed by atoms with van der Waals surface area (Å²) < 4.78 is 5.44. The Labute approximate surface area is 156 Å². The van der Waals surface area contributed by atoms with Crippen LogP contribution in [-0.4, -0.2) is 54.0 Å². The Balaban J connectivity index is 1.24. The molecule has 4 fully saturated rings. The number of carbonyl (C=O) groups excluding carboxylic acids is 2. The van der Waals surface area contributed by atoms with Gasteiger partial charge in [-0.2, -0.15) is 0 Å². The summed E-state index contributed by atoms with van der Waals surface area (Å²) >= 11 is 0. The van der Waals surface area contributed by atoms with E-state index in [1.165, 1.54) is 12.1 Å². The maximum Gasteiger partial charge on any atom is 0.310 e. The quantitative estimate of drug-likeness (QED) is 0.453. The number of esters is 1. The average molecular weight is 371 g/mol. The lowest BCUT2D eigenvalue weighted by Gasteiger charge is -2.38. The van der Waals surface area contributed by atoms with Crippen LogP contribution in [0.5, 0.6) is 0 Å². The molecule has 142 valence electrons. The first-order valence-electron chi connectivity index (χ1n) is 9.51. The van der Waals surface area contributed by atoms with Crippen molar-refractivity contribution < 1.29 is 19.2 Å². The summed E-state index contributed by atoms with van der Waals surface area (Å²) in [6.45, 7) is 2.58. The van der Waals surface area contributed by atoms with Gasteiger partial charge in [0.15, 0.2) is 0 Å². The van der Waals surface area contributed by atoms with Crippen LogP contribution in [0.25, 0.3) is 0 Å². The number of non-ortho nitro benzene ring substituents is 1. The molecule has 2 bridgehead atoms. The highest BCUT2D eigenvalue weighted by atomic mass is 16.6. The molecule has 2 heterocycles. The summed E-state index contributed by atoms with van der Waals surface area (Å²) in [4.78, 5) is 39.7. The second kappa shape index (κ2) is 5.94. The zero-order valence-corrected chi connectivity index (χ0v) is 14.8. The van der Waals surface area contributed by atoms with Gasteiger partial charge in [0.25, 0.3) is 5.69 Å². The Morgan fingerprint density at radius 3 is 2.48 bits per heavy atom. The number of nitrogens with zero attached hydrogens (tertiary/aromatic N) is 3. The fourth-order valence-corrected chi connectivity index (χ4v) is 5.52. The number of fused-ring (bicyclic) bond motifs is 1. The van der Waals surface area contributed by atoms with Crippen LogP contribution < -0.4 is 4.90 Å². The Kier molecular flexibility index (Phi) is 3.63. The molecule has 2 saturated heterocycles. The number of carbonyl (C=O) groups is 2. The molecule has 2 saturated carbocycles. The van der Waals surface area contributed by atoms with E-state index in [2.05, 4.69) is 4.90 Å². The standard InChI is InChI=1S/C19H21N3O5/c23-18(16-11-9-14-15(10-11)27-19(24)17(14)16)21-7-5-20(6-8-21)12-1-3-13(4-2-12)22(25)26/h1-4,11,14-17H,5-10H2/t11-,14+,15-,16+,17-/m1/s1. The van der Waals surface area contributed by atoms with Crippen molar-refractivity contribution in [2.75, 3.05) is 31.1 Å². The first-order chi connectivity index (χ1) is 13.0. The lowest BCUT2D eigenvalue weighted by molar-refractivity contribution is -0.384. The molecule has 0 unspecified atom stereocenters. The maximum absolute atomic E-state index is 13.1. The Hall–Kier alpha value is -2.64. The van der Waals surface area contributed by atoms with Crippen LogP contribution >= 0.6 is 0 Å². The number of amides is 1. The molecule has 0 N–H and O–H groups in total. The van der Waals surface area contributed by atoms with Gasteiger partial charge in [0.05, 0.1) is 16.8 Å². The number of hydrogen-bond donors (Lipinski definition) is 0. The van der Waals surface area contributed by atoms with E-state index in [0.29, 0.717) is 26.2 Å². The molecule has 0 radical (unpaired) electrons. The van der Waals surface area contributed by atoms with Gasteiger partial charge in [-0.15, -0.1) is 0 Å². The summed E-state index contributed by atoms with van der Waals surface area (Å²) in [6.07, 6.45) is 1.84. The van der Waals surface area contributed by atoms with Crippen molar-refractivity contribution >= 4 is 23.3 Å². The van der Waals surface area contributed by atoms with Crippen LogP contribution in [0.15, 0.2) is 24.3 Å². The van der Waals surface area contributed by atoms with Crippen molar-refractivity contribution in [2.45, 2.75) is 18.9 Å². The fraction of sp³-hybridized carbons (Fsp3) is 0.579. The molecule has 1 amide bonds. The Morgan fingerprint density at radius 2 is 1.81 bits per heavy atom. The van der Waals surface area contributed by atoms with Crippen LogP contribution in [0.1, 0.15) is 12.8 Å². The van der Waals surface area contributed by atoms with Gasteiger partial charge in [-0.05, 0) is 30.9 Å². The number of benzene rings is 1. The monoisotopic (exact) mass is 371 g/mol. The molecular formula is C19H21N3O5. The van der Waals surface area contributed by atoms with E-state index in [1.807, 2.05) is 4.90 Å². The summed E-state index contributed by atoms with van der Waals surface area (Å²) in [5.41, 5.74) is 1.00. The predicted octanol–water partition coefficient (Wildman–Crippen LogP) is 1.44. The fourth-order valence-electron chi connectivity index (χ4n) is 5.52. The molecule has 8 heteroatoms. The van der Waals surface area contributed by atoms with E-state index in [4.69, 9.17) is 4.74 Å². The van der Waals surface area contributed by atoms with Crippen molar-refractivity contribution in [3.63, 3.8) is 0 Å². The highest BCUT2D eigenvalue weighted by Gasteiger charge is 2.64. The van der Waals surface area contributed by atoms with Gasteiger partial charge in [0.1, 0.15) is 6.10 Å². The topological polar surface area (TPSA) is 93.0 Å². The zero-order valence-electron chi connectivity index (χ0n) is 14.8. The van der Waals surface area contributed by atoms with Crippen molar-refractivity contribution in [2.24, 2.45) is 23.7 Å². The van der Waals surface area contributed by atoms with Gasteiger partial charge in [-0.1, -0.05) is 0 Å². The van der Waals surface area contributed by atoms with Crippen molar-refractivity contribution in [1.82, 2.24) is 4.90 Å². The van der Waals surface area contributed by atoms with Crippen LogP contribution in [0.2, 0.25) is 0 Å². The van der Waals surface area contributed by atoms with Crippen LogP contribution in [0.4, 0.5) is 11.4 Å². The second-order valence-corrected chi connectivity index (χ2v) is 8.01. The molecule has 5 rings (SSSR count). The summed E-state index contributed by atoms with van der Waals surface area (Å²) in [6, 6.07) is 6.51. The van der Waals surface area contributed by atoms with E-state index in [9.17, 15) is 19.7 Å². The van der Waals surface area contributed by atoms with E-state index in [1.54, 1.807) is 12.1 Å². The van der Waals surface area contributed by atoms with Gasteiger partial charge in [0, 0.05) is 49.9 Å². The number of rotatable bonds is 3. The molecule has 1 aromatic rings. The number of piperazine rings is 1. The third-order valence-corrected chi connectivity index (χ3v) is 6.79. The highest BCUT2D eigenvalue weighted by molar-refractivity contribution is 5.88. The van der Waals surface area contributed by atoms with Gasteiger partial charge in [0.2, 0.25) is 5.91 Å². The van der Waals surface area contributed by atoms with Crippen LogP contribution in [-0.2, 0) is 14.3 Å². The zero-order chi connectivity index (χ0) is 18.7. The summed E-state index contributed by atoms with van der Waals surface area (Å²) in [5.74, 6) is 0.0386. The first kappa shape index (κ1) is 16.5. The minimum Gasteiger partial charge on any atom is -0.462 e. The molecule has 1 aromatic carbocycles. The lowest BCUT2D eigenvalue weighted by atomic mass is 9.79. The maximum atomic E-state index is 13.1. The Bertz CT molecular complexity index is 800. The number of hydrogen-bond acceptors (Lipinski definition) is 6. The molecule has 0 aromatic heterocycles. The predicted molar refractivity (Wildman–Crippen MR) is 95.0 cm³/mol. The van der Waals surface area contributed by atoms with Gasteiger partial charge in [-0.3, -0.25) is 19.7 Å². The third kappa shape index (κ3) is 2.49. The largest absolute Gasteiger partial charge is 0.462 e. The average Bonchev–Trinajstić information content (AvgIpc) is 3.30. The molecule has 4 aliphatic rings. The SMILES string of the molecule is O=C1O[C@@H]2C[C@H]3C[C@@H]2[C@@H]1[C@H]3C(=O)N1CCN(c2ccc([N+](=O)[O-])cc2)CC1. The summed E-state index contributed by atoms with van der Waals surface area (Å²) in [5, 5.41) is 10.8. The number of nitro groups is 1. The van der Waals surface area contributed by atoms with E-state index in [-0.39, 0.29) is 47.3 Å². The van der Waals surface area contributed by atoms with Crippen molar-refractivity contribution in [3.05, 3.63) is 34.4 Å². The molecule has 2 aliphatic heterocycles.